The highest BCUT2D eigenvalue weighted by Crippen LogP contribution is 2.26. The van der Waals surface area contributed by atoms with Crippen LogP contribution in [-0.2, 0) is 20.3 Å². The summed E-state index contributed by atoms with van der Waals surface area (Å²) >= 11 is 1.67. The van der Waals surface area contributed by atoms with Crippen molar-refractivity contribution >= 4 is 28.1 Å². The number of thiophene rings is 1. The minimum absolute atomic E-state index is 0.00677. The summed E-state index contributed by atoms with van der Waals surface area (Å²) in [7, 11) is -0.972. The second-order valence-corrected chi connectivity index (χ2v) is 7.11. The smallest absolute Gasteiger partial charge is 0.324 e. The van der Waals surface area contributed by atoms with Crippen molar-refractivity contribution < 1.29 is 13.7 Å². The van der Waals surface area contributed by atoms with Crippen molar-refractivity contribution in [3.8, 4) is 0 Å². The predicted octanol–water partition coefficient (Wildman–Crippen LogP) is 1.38. The molecule has 0 radical (unpaired) electrons. The molecule has 1 aromatic rings. The van der Waals surface area contributed by atoms with Crippen molar-refractivity contribution in [1.29, 1.82) is 0 Å². The lowest BCUT2D eigenvalue weighted by Gasteiger charge is -2.28. The van der Waals surface area contributed by atoms with E-state index in [9.17, 15) is 9.00 Å². The van der Waals surface area contributed by atoms with E-state index in [4.69, 9.17) is 4.74 Å². The molecule has 1 fully saturated rings. The Bertz CT molecular complexity index is 458. The van der Waals surface area contributed by atoms with E-state index >= 15 is 0 Å². The van der Waals surface area contributed by atoms with Gasteiger partial charge in [0.25, 0.3) is 0 Å². The zero-order valence-corrected chi connectivity index (χ0v) is 12.1. The summed E-state index contributed by atoms with van der Waals surface area (Å²) in [6, 6.07) is 3.61. The first-order valence-electron chi connectivity index (χ1n) is 5.94. The third kappa shape index (κ3) is 3.18. The normalized spacial score (nSPS) is 28.0. The first-order chi connectivity index (χ1) is 8.60. The largest absolute Gasteiger partial charge is 0.465 e. The number of hydrogen-bond acceptors (Lipinski definition) is 5. The van der Waals surface area contributed by atoms with Crippen LogP contribution in [0.5, 0.6) is 0 Å². The first kappa shape index (κ1) is 13.7. The van der Waals surface area contributed by atoms with Gasteiger partial charge in [0, 0.05) is 32.1 Å². The lowest BCUT2D eigenvalue weighted by atomic mass is 10.2. The van der Waals surface area contributed by atoms with Crippen molar-refractivity contribution in [2.75, 3.05) is 18.1 Å². The SMILES string of the molecule is CCOC(=O)C1CS(=O)CC(c2ccc(C)s2)N1. The topological polar surface area (TPSA) is 55.4 Å². The molecule has 1 saturated heterocycles. The molecule has 0 amide bonds. The molecule has 3 unspecified atom stereocenters. The molecule has 0 spiro atoms. The molecule has 18 heavy (non-hydrogen) atoms. The summed E-state index contributed by atoms with van der Waals surface area (Å²) < 4.78 is 16.8. The van der Waals surface area contributed by atoms with Crippen molar-refractivity contribution in [3.05, 3.63) is 21.9 Å². The number of hydrogen-bond donors (Lipinski definition) is 1. The second-order valence-electron chi connectivity index (χ2n) is 4.25. The standard InChI is InChI=1S/C12H17NO3S2/c1-3-16-12(14)10-7-18(15)6-9(13-10)11-5-4-8(2)17-11/h4-5,9-10,13H,3,6-7H2,1-2H3. The first-order valence-corrected chi connectivity index (χ1v) is 8.24. The van der Waals surface area contributed by atoms with Gasteiger partial charge in [0.15, 0.2) is 0 Å². The van der Waals surface area contributed by atoms with Crippen LogP contribution in [-0.4, -0.2) is 34.3 Å². The summed E-state index contributed by atoms with van der Waals surface area (Å²) in [5.74, 6) is 0.610. The van der Waals surface area contributed by atoms with Gasteiger partial charge < -0.3 is 4.74 Å². The average Bonchev–Trinajstić information content (AvgIpc) is 2.75. The number of ether oxygens (including phenoxy) is 1. The number of nitrogens with one attached hydrogen (secondary N) is 1. The highest BCUT2D eigenvalue weighted by atomic mass is 32.2. The summed E-state index contributed by atoms with van der Waals surface area (Å²) in [4.78, 5) is 14.1. The monoisotopic (exact) mass is 287 g/mol. The molecule has 2 rings (SSSR count). The molecule has 1 aromatic heterocycles. The molecule has 6 heteroatoms. The highest BCUT2D eigenvalue weighted by molar-refractivity contribution is 7.85. The van der Waals surface area contributed by atoms with Crippen LogP contribution in [0.25, 0.3) is 0 Å². The summed E-state index contributed by atoms with van der Waals surface area (Å²) in [6.45, 7) is 4.17. The molecule has 1 aliphatic heterocycles. The fraction of sp³-hybridized carbons (Fsp3) is 0.583. The molecule has 0 aliphatic carbocycles. The molecular formula is C12H17NO3S2. The van der Waals surface area contributed by atoms with E-state index in [0.29, 0.717) is 18.1 Å². The van der Waals surface area contributed by atoms with Gasteiger partial charge in [-0.1, -0.05) is 0 Å². The van der Waals surface area contributed by atoms with Crippen LogP contribution in [0.1, 0.15) is 22.7 Å². The van der Waals surface area contributed by atoms with E-state index in [1.807, 2.05) is 19.1 Å². The Balaban J connectivity index is 2.09. The maximum absolute atomic E-state index is 11.8. The average molecular weight is 287 g/mol. The van der Waals surface area contributed by atoms with Gasteiger partial charge in [0.05, 0.1) is 12.6 Å². The summed E-state index contributed by atoms with van der Waals surface area (Å²) in [5, 5.41) is 3.24. The van der Waals surface area contributed by atoms with Crippen LogP contribution in [0.4, 0.5) is 0 Å². The molecule has 1 N–H and O–H groups in total. The molecule has 1 aliphatic rings. The number of carbonyl (C=O) groups is 1. The van der Waals surface area contributed by atoms with Crippen molar-refractivity contribution in [2.24, 2.45) is 0 Å². The van der Waals surface area contributed by atoms with Crippen LogP contribution in [0.15, 0.2) is 12.1 Å². The molecule has 100 valence electrons. The Kier molecular flexibility index (Phi) is 4.53. The minimum atomic E-state index is -0.972. The van der Waals surface area contributed by atoms with Crippen molar-refractivity contribution in [2.45, 2.75) is 25.9 Å². The van der Waals surface area contributed by atoms with Gasteiger partial charge >= 0.3 is 5.97 Å². The molecule has 0 saturated carbocycles. The maximum atomic E-state index is 11.8. The zero-order valence-electron chi connectivity index (χ0n) is 10.5. The molecular weight excluding hydrogens is 270 g/mol. The summed E-state index contributed by atoms with van der Waals surface area (Å²) in [6.07, 6.45) is 0. The summed E-state index contributed by atoms with van der Waals surface area (Å²) in [5.41, 5.74) is 0. The second kappa shape index (κ2) is 5.95. The third-order valence-corrected chi connectivity index (χ3v) is 5.31. The lowest BCUT2D eigenvalue weighted by molar-refractivity contribution is -0.145. The van der Waals surface area contributed by atoms with Crippen LogP contribution in [0.3, 0.4) is 0 Å². The van der Waals surface area contributed by atoms with Gasteiger partial charge in [0.1, 0.15) is 6.04 Å². The van der Waals surface area contributed by atoms with Gasteiger partial charge in [-0.25, -0.2) is 0 Å². The van der Waals surface area contributed by atoms with Crippen LogP contribution in [0.2, 0.25) is 0 Å². The number of aryl methyl sites for hydroxylation is 1. The quantitative estimate of drug-likeness (QED) is 0.853. The van der Waals surface area contributed by atoms with E-state index in [0.717, 1.165) is 4.88 Å². The number of carbonyl (C=O) groups excluding carboxylic acids is 1. The molecule has 3 atom stereocenters. The molecule has 0 bridgehead atoms. The van der Waals surface area contributed by atoms with Crippen LogP contribution >= 0.6 is 11.3 Å². The van der Waals surface area contributed by atoms with Gasteiger partial charge in [0.2, 0.25) is 0 Å². The fourth-order valence-electron chi connectivity index (χ4n) is 1.96. The van der Waals surface area contributed by atoms with Crippen molar-refractivity contribution in [3.63, 3.8) is 0 Å². The Hall–Kier alpha value is -0.720. The third-order valence-electron chi connectivity index (χ3n) is 2.78. The van der Waals surface area contributed by atoms with Gasteiger partial charge in [-0.15, -0.1) is 11.3 Å². The Morgan fingerprint density at radius 3 is 2.94 bits per heavy atom. The molecule has 2 heterocycles. The fourth-order valence-corrected chi connectivity index (χ4v) is 4.39. The van der Waals surface area contributed by atoms with E-state index in [1.54, 1.807) is 18.3 Å². The van der Waals surface area contributed by atoms with Gasteiger partial charge in [-0.2, -0.15) is 0 Å². The molecule has 0 aromatic carbocycles. The number of rotatable bonds is 3. The minimum Gasteiger partial charge on any atom is -0.465 e. The van der Waals surface area contributed by atoms with E-state index in [2.05, 4.69) is 5.32 Å². The van der Waals surface area contributed by atoms with E-state index in [-0.39, 0.29) is 12.0 Å². The Morgan fingerprint density at radius 2 is 2.33 bits per heavy atom. The van der Waals surface area contributed by atoms with E-state index in [1.165, 1.54) is 4.88 Å². The maximum Gasteiger partial charge on any atom is 0.324 e. The van der Waals surface area contributed by atoms with Gasteiger partial charge in [-0.05, 0) is 26.0 Å². The zero-order chi connectivity index (χ0) is 13.1. The van der Waals surface area contributed by atoms with Crippen LogP contribution in [0, 0.1) is 6.92 Å². The number of esters is 1. The lowest BCUT2D eigenvalue weighted by Crippen LogP contribution is -2.49. The Morgan fingerprint density at radius 1 is 1.56 bits per heavy atom. The highest BCUT2D eigenvalue weighted by Gasteiger charge is 2.32. The van der Waals surface area contributed by atoms with Crippen molar-refractivity contribution in [1.82, 2.24) is 5.32 Å². The predicted molar refractivity (Wildman–Crippen MR) is 73.2 cm³/mol. The van der Waals surface area contributed by atoms with E-state index < -0.39 is 16.8 Å². The van der Waals surface area contributed by atoms with Crippen LogP contribution < -0.4 is 5.32 Å². The van der Waals surface area contributed by atoms with Gasteiger partial charge in [-0.3, -0.25) is 14.3 Å². The molecule has 4 nitrogen and oxygen atoms in total. The Labute approximate surface area is 113 Å².